The Morgan fingerprint density at radius 3 is 2.81 bits per heavy atom. The van der Waals surface area contributed by atoms with Gasteiger partial charge in [0, 0.05) is 0 Å². The van der Waals surface area contributed by atoms with Crippen LogP contribution in [-0.2, 0) is 11.2 Å². The Kier molecular flexibility index (Phi) is 3.63. The zero-order chi connectivity index (χ0) is 11.7. The topological polar surface area (TPSA) is 50.2 Å². The number of thiazole rings is 1. The third-order valence-electron chi connectivity index (χ3n) is 1.75. The molecule has 0 bridgehead atoms. The number of thiophene rings is 1. The summed E-state index contributed by atoms with van der Waals surface area (Å²) in [6.07, 6.45) is -0.0165. The number of hydrogen-bond donors (Lipinski definition) is 1. The van der Waals surface area contributed by atoms with E-state index in [-0.39, 0.29) is 6.42 Å². The van der Waals surface area contributed by atoms with Gasteiger partial charge in [-0.1, -0.05) is 11.6 Å². The molecule has 1 N–H and O–H groups in total. The highest BCUT2D eigenvalue weighted by Crippen LogP contribution is 2.36. The monoisotopic (exact) mass is 337 g/mol. The predicted molar refractivity (Wildman–Crippen MR) is 69.5 cm³/mol. The summed E-state index contributed by atoms with van der Waals surface area (Å²) in [5, 5.41) is 9.51. The second-order valence-corrected chi connectivity index (χ2v) is 6.46. The van der Waals surface area contributed by atoms with Gasteiger partial charge in [-0.15, -0.1) is 22.7 Å². The molecule has 2 aromatic heterocycles. The number of carbonyl (C=O) groups is 1. The van der Waals surface area contributed by atoms with E-state index in [9.17, 15) is 4.79 Å². The van der Waals surface area contributed by atoms with Gasteiger partial charge in [0.25, 0.3) is 0 Å². The SMILES string of the molecule is O=C(O)Cc1sc(-c2ccc(Cl)s2)nc1Br. The summed E-state index contributed by atoms with van der Waals surface area (Å²) in [5.41, 5.74) is 0. The summed E-state index contributed by atoms with van der Waals surface area (Å²) < 4.78 is 1.29. The number of halogens is 2. The lowest BCUT2D eigenvalue weighted by Crippen LogP contribution is -1.98. The average molecular weight is 339 g/mol. The van der Waals surface area contributed by atoms with Gasteiger partial charge < -0.3 is 5.11 Å². The molecule has 0 amide bonds. The Balaban J connectivity index is 2.33. The molecule has 0 unspecified atom stereocenters. The number of aromatic nitrogens is 1. The van der Waals surface area contributed by atoms with Crippen LogP contribution in [0.2, 0.25) is 4.34 Å². The largest absolute Gasteiger partial charge is 0.481 e. The molecule has 7 heteroatoms. The fourth-order valence-corrected chi connectivity index (χ4v) is 3.83. The van der Waals surface area contributed by atoms with Crippen molar-refractivity contribution in [1.29, 1.82) is 0 Å². The van der Waals surface area contributed by atoms with Crippen LogP contribution in [0.1, 0.15) is 4.88 Å². The number of carboxylic acids is 1. The van der Waals surface area contributed by atoms with Crippen molar-refractivity contribution in [2.24, 2.45) is 0 Å². The van der Waals surface area contributed by atoms with Crippen LogP contribution in [-0.4, -0.2) is 16.1 Å². The maximum atomic E-state index is 10.6. The third kappa shape index (κ3) is 2.63. The summed E-state index contributed by atoms with van der Waals surface area (Å²) >= 11 is 11.9. The summed E-state index contributed by atoms with van der Waals surface area (Å²) in [6, 6.07) is 3.68. The first-order valence-electron chi connectivity index (χ1n) is 4.19. The third-order valence-corrected chi connectivity index (χ3v) is 5.12. The highest BCUT2D eigenvalue weighted by molar-refractivity contribution is 9.10. The quantitative estimate of drug-likeness (QED) is 0.923. The molecule has 0 saturated carbocycles. The molecule has 16 heavy (non-hydrogen) atoms. The highest BCUT2D eigenvalue weighted by atomic mass is 79.9. The van der Waals surface area contributed by atoms with Crippen LogP contribution >= 0.6 is 50.2 Å². The van der Waals surface area contributed by atoms with Crippen LogP contribution < -0.4 is 0 Å². The van der Waals surface area contributed by atoms with Gasteiger partial charge in [0.15, 0.2) is 0 Å². The normalized spacial score (nSPS) is 10.6. The molecular formula is C9H5BrClNO2S2. The van der Waals surface area contributed by atoms with Gasteiger partial charge >= 0.3 is 5.97 Å². The zero-order valence-electron chi connectivity index (χ0n) is 7.74. The maximum Gasteiger partial charge on any atom is 0.308 e. The van der Waals surface area contributed by atoms with Crippen LogP contribution in [0.3, 0.4) is 0 Å². The van der Waals surface area contributed by atoms with Crippen molar-refractivity contribution in [2.75, 3.05) is 0 Å². The summed E-state index contributed by atoms with van der Waals surface area (Å²) in [5.74, 6) is -0.861. The molecule has 0 fully saturated rings. The van der Waals surface area contributed by atoms with Gasteiger partial charge in [-0.2, -0.15) is 0 Å². The molecule has 0 spiro atoms. The van der Waals surface area contributed by atoms with Gasteiger partial charge in [-0.3, -0.25) is 4.79 Å². The molecule has 2 rings (SSSR count). The average Bonchev–Trinajstić information content (AvgIpc) is 2.74. The number of hydrogen-bond acceptors (Lipinski definition) is 4. The molecule has 0 aliphatic rings. The van der Waals surface area contributed by atoms with E-state index >= 15 is 0 Å². The van der Waals surface area contributed by atoms with Crippen molar-refractivity contribution < 1.29 is 9.90 Å². The maximum absolute atomic E-state index is 10.6. The van der Waals surface area contributed by atoms with Crippen molar-refractivity contribution in [3.63, 3.8) is 0 Å². The Labute approximate surface area is 113 Å². The molecule has 0 aromatic carbocycles. The smallest absolute Gasteiger partial charge is 0.308 e. The first-order chi connectivity index (χ1) is 7.56. The van der Waals surface area contributed by atoms with Crippen molar-refractivity contribution in [1.82, 2.24) is 4.98 Å². The second kappa shape index (κ2) is 4.83. The summed E-state index contributed by atoms with van der Waals surface area (Å²) in [7, 11) is 0. The van der Waals surface area contributed by atoms with Gasteiger partial charge in [-0.05, 0) is 28.1 Å². The molecule has 0 atom stereocenters. The zero-order valence-corrected chi connectivity index (χ0v) is 11.7. The molecule has 0 radical (unpaired) electrons. The Morgan fingerprint density at radius 2 is 2.25 bits per heavy atom. The fraction of sp³-hybridized carbons (Fsp3) is 0.111. The Morgan fingerprint density at radius 1 is 1.50 bits per heavy atom. The molecular weight excluding hydrogens is 334 g/mol. The first kappa shape index (κ1) is 12.0. The lowest BCUT2D eigenvalue weighted by molar-refractivity contribution is -0.136. The van der Waals surface area contributed by atoms with Crippen LogP contribution in [0.15, 0.2) is 16.7 Å². The van der Waals surface area contributed by atoms with E-state index in [0.29, 0.717) is 13.8 Å². The van der Waals surface area contributed by atoms with E-state index in [4.69, 9.17) is 16.7 Å². The van der Waals surface area contributed by atoms with Gasteiger partial charge in [0.05, 0.1) is 20.5 Å². The summed E-state index contributed by atoms with van der Waals surface area (Å²) in [4.78, 5) is 16.5. The van der Waals surface area contributed by atoms with Crippen molar-refractivity contribution >= 4 is 56.2 Å². The molecule has 3 nitrogen and oxygen atoms in total. The van der Waals surface area contributed by atoms with Crippen LogP contribution in [0, 0.1) is 0 Å². The lowest BCUT2D eigenvalue weighted by atomic mass is 10.4. The molecule has 2 heterocycles. The lowest BCUT2D eigenvalue weighted by Gasteiger charge is -1.88. The van der Waals surface area contributed by atoms with E-state index in [2.05, 4.69) is 20.9 Å². The van der Waals surface area contributed by atoms with Crippen molar-refractivity contribution in [3.8, 4) is 9.88 Å². The fourth-order valence-electron chi connectivity index (χ4n) is 1.11. The highest BCUT2D eigenvalue weighted by Gasteiger charge is 2.14. The van der Waals surface area contributed by atoms with Crippen molar-refractivity contribution in [3.05, 3.63) is 25.9 Å². The second-order valence-electron chi connectivity index (χ2n) is 2.91. The Hall–Kier alpha value is -0.430. The molecule has 0 saturated heterocycles. The first-order valence-corrected chi connectivity index (χ1v) is 6.99. The number of rotatable bonds is 3. The number of carboxylic acid groups (broad SMARTS) is 1. The van der Waals surface area contributed by atoms with E-state index in [1.54, 1.807) is 6.07 Å². The predicted octanol–water partition coefficient (Wildman–Crippen LogP) is 3.91. The standard InChI is InChI=1S/C9H5BrClNO2S2/c10-8-5(3-7(13)14)16-9(12-8)4-1-2-6(11)15-4/h1-2H,3H2,(H,13,14). The van der Waals surface area contributed by atoms with E-state index in [1.165, 1.54) is 22.7 Å². The molecule has 84 valence electrons. The van der Waals surface area contributed by atoms with Gasteiger partial charge in [0.2, 0.25) is 0 Å². The van der Waals surface area contributed by atoms with Crippen LogP contribution in [0.5, 0.6) is 0 Å². The Bertz CT molecular complexity index is 537. The minimum Gasteiger partial charge on any atom is -0.481 e. The number of aliphatic carboxylic acids is 1. The van der Waals surface area contributed by atoms with Crippen LogP contribution in [0.25, 0.3) is 9.88 Å². The van der Waals surface area contributed by atoms with Crippen LogP contribution in [0.4, 0.5) is 0 Å². The van der Waals surface area contributed by atoms with Gasteiger partial charge in [0.1, 0.15) is 9.61 Å². The summed E-state index contributed by atoms with van der Waals surface area (Å²) in [6.45, 7) is 0. The molecule has 0 aliphatic carbocycles. The molecule has 2 aromatic rings. The number of nitrogens with zero attached hydrogens (tertiary/aromatic N) is 1. The van der Waals surface area contributed by atoms with E-state index < -0.39 is 5.97 Å². The van der Waals surface area contributed by atoms with Gasteiger partial charge in [-0.25, -0.2) is 4.98 Å². The van der Waals surface area contributed by atoms with Crippen molar-refractivity contribution in [2.45, 2.75) is 6.42 Å². The minimum atomic E-state index is -0.861. The van der Waals surface area contributed by atoms with E-state index in [1.807, 2.05) is 6.07 Å². The van der Waals surface area contributed by atoms with E-state index in [0.717, 1.165) is 9.88 Å². The molecule has 0 aliphatic heterocycles. The minimum absolute atomic E-state index is 0.0165.